The number of hydrogen-bond donors (Lipinski definition) is 2. The number of halogens is 3. The number of alkyl halides is 2. The minimum atomic E-state index is -2.64. The number of pyridine rings is 1. The van der Waals surface area contributed by atoms with Crippen LogP contribution in [0.5, 0.6) is 0 Å². The normalized spacial score (nSPS) is 11.7. The van der Waals surface area contributed by atoms with E-state index in [-0.39, 0.29) is 33.8 Å². The third-order valence-electron chi connectivity index (χ3n) is 5.59. The third-order valence-corrected chi connectivity index (χ3v) is 5.80. The van der Waals surface area contributed by atoms with Gasteiger partial charge in [0.2, 0.25) is 0 Å². The molecule has 36 heavy (non-hydrogen) atoms. The van der Waals surface area contributed by atoms with Gasteiger partial charge in [-0.05, 0) is 43.7 Å². The molecule has 0 radical (unpaired) electrons. The number of aliphatic hydroxyl groups is 1. The topological polar surface area (TPSA) is 97.1 Å². The fourth-order valence-electron chi connectivity index (χ4n) is 3.93. The van der Waals surface area contributed by atoms with Crippen LogP contribution in [-0.4, -0.2) is 33.0 Å². The van der Waals surface area contributed by atoms with Crippen molar-refractivity contribution in [3.8, 4) is 11.4 Å². The van der Waals surface area contributed by atoms with E-state index in [0.717, 1.165) is 12.7 Å². The summed E-state index contributed by atoms with van der Waals surface area (Å²) in [5, 5.41) is 10.8. The predicted molar refractivity (Wildman–Crippen MR) is 137 cm³/mol. The highest BCUT2D eigenvalue weighted by Gasteiger charge is 2.19. The Labute approximate surface area is 211 Å². The molecule has 0 saturated heterocycles. The first-order valence-corrected chi connectivity index (χ1v) is 11.3. The van der Waals surface area contributed by atoms with Crippen LogP contribution in [0.2, 0.25) is 5.15 Å². The molecule has 2 N–H and O–H groups in total. The maximum absolute atomic E-state index is 13.3. The number of aldehydes is 1. The summed E-state index contributed by atoms with van der Waals surface area (Å²) < 4.78 is 27.9. The average Bonchev–Trinajstić information content (AvgIpc) is 2.88. The van der Waals surface area contributed by atoms with Gasteiger partial charge in [-0.15, -0.1) is 0 Å². The molecule has 4 rings (SSSR count). The molecule has 1 atom stereocenters. The van der Waals surface area contributed by atoms with Crippen molar-refractivity contribution in [3.05, 3.63) is 86.4 Å². The van der Waals surface area contributed by atoms with Crippen molar-refractivity contribution in [2.24, 2.45) is 7.05 Å². The number of fused-ring (bicyclic) bond motifs is 1. The van der Waals surface area contributed by atoms with Gasteiger partial charge in [0.25, 0.3) is 12.0 Å². The second-order valence-corrected chi connectivity index (χ2v) is 8.41. The van der Waals surface area contributed by atoms with Crippen LogP contribution in [0.4, 0.5) is 14.5 Å². The number of anilines is 1. The van der Waals surface area contributed by atoms with Gasteiger partial charge >= 0.3 is 0 Å². The number of nitrogens with one attached hydrogen (secondary N) is 1. The molecule has 0 aliphatic carbocycles. The number of aliphatic hydroxyl groups excluding tert-OH is 1. The van der Waals surface area contributed by atoms with Crippen molar-refractivity contribution in [3.63, 3.8) is 0 Å². The number of carbonyl (C=O) groups is 1. The maximum atomic E-state index is 13.3. The van der Waals surface area contributed by atoms with Crippen molar-refractivity contribution >= 4 is 34.5 Å². The quantitative estimate of drug-likeness (QED) is 0.261. The zero-order chi connectivity index (χ0) is 26.6. The maximum Gasteiger partial charge on any atom is 0.263 e. The third kappa shape index (κ3) is 5.42. The zero-order valence-electron chi connectivity index (χ0n) is 20.1. The minimum absolute atomic E-state index is 0.150. The molecule has 7 nitrogen and oxygen atoms in total. The van der Waals surface area contributed by atoms with Crippen molar-refractivity contribution in [1.29, 1.82) is 0 Å². The van der Waals surface area contributed by atoms with Gasteiger partial charge in [0.05, 0.1) is 22.6 Å². The summed E-state index contributed by atoms with van der Waals surface area (Å²) in [6.07, 6.45) is -2.03. The molecule has 1 unspecified atom stereocenters. The Balaban J connectivity index is 0.00000176. The Morgan fingerprint density at radius 2 is 1.83 bits per heavy atom. The highest BCUT2D eigenvalue weighted by atomic mass is 35.5. The van der Waals surface area contributed by atoms with Gasteiger partial charge in [-0.2, -0.15) is 0 Å². The highest BCUT2D eigenvalue weighted by molar-refractivity contribution is 6.29. The summed E-state index contributed by atoms with van der Waals surface area (Å²) in [6.45, 7) is 3.74. The lowest BCUT2D eigenvalue weighted by Crippen LogP contribution is -2.22. The summed E-state index contributed by atoms with van der Waals surface area (Å²) in [5.74, 6) is 0.277. The molecule has 4 aromatic rings. The van der Waals surface area contributed by atoms with Gasteiger partial charge in [0.1, 0.15) is 16.7 Å². The molecule has 10 heteroatoms. The number of aryl methyl sites for hydroxylation is 1. The van der Waals surface area contributed by atoms with E-state index in [1.807, 2.05) is 19.9 Å². The van der Waals surface area contributed by atoms with Crippen LogP contribution in [-0.2, 0) is 7.05 Å². The van der Waals surface area contributed by atoms with Crippen LogP contribution in [0.15, 0.2) is 53.3 Å². The van der Waals surface area contributed by atoms with E-state index < -0.39 is 6.43 Å². The standard InChI is InChI=1S/C25H21ClF2N4O2.CH4O/c1-13-9-17(14(2)29-19-7-8-21(26)30-20(19)12-33)22-18(10-13)25(34)32(3)24(31-22)16-6-4-5-15(11-16)23(27)28;1-2/h4-12,14,23,29H,1-3H3;2H,1H3. The van der Waals surface area contributed by atoms with Crippen LogP contribution < -0.4 is 10.9 Å². The molecule has 0 amide bonds. The second kappa shape index (κ2) is 11.4. The number of benzene rings is 2. The molecule has 0 spiro atoms. The zero-order valence-corrected chi connectivity index (χ0v) is 20.8. The van der Waals surface area contributed by atoms with E-state index in [1.54, 1.807) is 31.3 Å². The lowest BCUT2D eigenvalue weighted by Gasteiger charge is -2.20. The molecular weight excluding hydrogens is 490 g/mol. The fraction of sp³-hybridized carbons (Fsp3) is 0.231. The average molecular weight is 515 g/mol. The molecule has 0 fully saturated rings. The molecule has 2 aromatic heterocycles. The summed E-state index contributed by atoms with van der Waals surface area (Å²) in [4.78, 5) is 33.5. The first-order valence-electron chi connectivity index (χ1n) is 10.9. The number of nitrogens with zero attached hydrogens (tertiary/aromatic N) is 3. The van der Waals surface area contributed by atoms with E-state index in [9.17, 15) is 18.4 Å². The summed E-state index contributed by atoms with van der Waals surface area (Å²) in [7, 11) is 2.57. The van der Waals surface area contributed by atoms with Gasteiger partial charge in [-0.25, -0.2) is 18.7 Å². The number of rotatable bonds is 6. The van der Waals surface area contributed by atoms with E-state index in [0.29, 0.717) is 34.0 Å². The van der Waals surface area contributed by atoms with E-state index in [2.05, 4.69) is 10.3 Å². The van der Waals surface area contributed by atoms with Crippen LogP contribution in [0, 0.1) is 6.92 Å². The number of carbonyl (C=O) groups excluding carboxylic acids is 1. The van der Waals surface area contributed by atoms with Gasteiger partial charge in [0, 0.05) is 30.8 Å². The molecule has 0 aliphatic rings. The van der Waals surface area contributed by atoms with Gasteiger partial charge < -0.3 is 10.4 Å². The first-order chi connectivity index (χ1) is 17.2. The second-order valence-electron chi connectivity index (χ2n) is 8.03. The first kappa shape index (κ1) is 26.9. The molecule has 0 bridgehead atoms. The van der Waals surface area contributed by atoms with E-state index in [4.69, 9.17) is 21.7 Å². The van der Waals surface area contributed by atoms with Gasteiger partial charge in [0.15, 0.2) is 6.29 Å². The highest BCUT2D eigenvalue weighted by Crippen LogP contribution is 2.30. The predicted octanol–water partition coefficient (Wildman–Crippen LogP) is 5.49. The van der Waals surface area contributed by atoms with Crippen molar-refractivity contribution < 1.29 is 18.7 Å². The molecule has 2 aromatic carbocycles. The Bertz CT molecular complexity index is 1470. The van der Waals surface area contributed by atoms with Crippen LogP contribution in [0.25, 0.3) is 22.3 Å². The Kier molecular flexibility index (Phi) is 8.49. The lowest BCUT2D eigenvalue weighted by atomic mass is 10.0. The molecular formula is C26H25ClF2N4O3. The Hall–Kier alpha value is -3.69. The van der Waals surface area contributed by atoms with Crippen molar-refractivity contribution in [2.45, 2.75) is 26.3 Å². The van der Waals surface area contributed by atoms with E-state index in [1.165, 1.54) is 22.8 Å². The number of aromatic nitrogens is 3. The SMILES string of the molecule is CO.Cc1cc(C(C)Nc2ccc(Cl)nc2C=O)c2nc(-c3cccc(C(F)F)c3)n(C)c(=O)c2c1. The summed E-state index contributed by atoms with van der Waals surface area (Å²) in [6, 6.07) is 12.3. The number of hydrogen-bond acceptors (Lipinski definition) is 6. The summed E-state index contributed by atoms with van der Waals surface area (Å²) >= 11 is 5.89. The molecule has 0 aliphatic heterocycles. The van der Waals surface area contributed by atoms with Crippen LogP contribution >= 0.6 is 11.6 Å². The van der Waals surface area contributed by atoms with Crippen molar-refractivity contribution in [1.82, 2.24) is 14.5 Å². The molecule has 2 heterocycles. The molecule has 188 valence electrons. The van der Waals surface area contributed by atoms with Gasteiger partial charge in [-0.1, -0.05) is 35.9 Å². The summed E-state index contributed by atoms with van der Waals surface area (Å²) in [5.41, 5.74) is 2.62. The lowest BCUT2D eigenvalue weighted by molar-refractivity contribution is 0.111. The Morgan fingerprint density at radius 3 is 2.50 bits per heavy atom. The largest absolute Gasteiger partial charge is 0.400 e. The smallest absolute Gasteiger partial charge is 0.263 e. The van der Waals surface area contributed by atoms with E-state index >= 15 is 0 Å². The fourth-order valence-corrected chi connectivity index (χ4v) is 4.08. The monoisotopic (exact) mass is 514 g/mol. The molecule has 0 saturated carbocycles. The van der Waals surface area contributed by atoms with Crippen LogP contribution in [0.1, 0.15) is 46.6 Å². The van der Waals surface area contributed by atoms with Crippen molar-refractivity contribution in [2.75, 3.05) is 12.4 Å². The van der Waals surface area contributed by atoms with Crippen LogP contribution in [0.3, 0.4) is 0 Å². The van der Waals surface area contributed by atoms with Gasteiger partial charge in [-0.3, -0.25) is 14.2 Å². The minimum Gasteiger partial charge on any atom is -0.400 e. The Morgan fingerprint density at radius 1 is 1.11 bits per heavy atom.